The van der Waals surface area contributed by atoms with Gasteiger partial charge in [0.15, 0.2) is 0 Å². The van der Waals surface area contributed by atoms with E-state index in [-0.39, 0.29) is 6.04 Å². The second-order valence-corrected chi connectivity index (χ2v) is 7.84. The van der Waals surface area contributed by atoms with Gasteiger partial charge in [-0.2, -0.15) is 0 Å². The van der Waals surface area contributed by atoms with Crippen LogP contribution in [0.4, 0.5) is 0 Å². The molecule has 0 heterocycles. The largest absolute Gasteiger partial charge is 0.313 e. The molecule has 2 N–H and O–H groups in total. The lowest BCUT2D eigenvalue weighted by Gasteiger charge is -2.14. The molecule has 1 aromatic rings. The van der Waals surface area contributed by atoms with Crippen LogP contribution in [0.3, 0.4) is 0 Å². The normalized spacial score (nSPS) is 21.5. The Kier molecular flexibility index (Phi) is 5.07. The van der Waals surface area contributed by atoms with Crippen molar-refractivity contribution in [3.63, 3.8) is 0 Å². The van der Waals surface area contributed by atoms with E-state index in [1.165, 1.54) is 0 Å². The highest BCUT2D eigenvalue weighted by Gasteiger charge is 2.36. The molecule has 2 atom stereocenters. The Hall–Kier alpha value is -0.910. The van der Waals surface area contributed by atoms with Gasteiger partial charge in [-0.15, -0.1) is 0 Å². The second-order valence-electron chi connectivity index (χ2n) is 6.16. The van der Waals surface area contributed by atoms with Crippen LogP contribution in [0.2, 0.25) is 0 Å². The lowest BCUT2D eigenvalue weighted by molar-refractivity contribution is 0.577. The molecule has 118 valence electrons. The molecule has 0 amide bonds. The summed E-state index contributed by atoms with van der Waals surface area (Å²) in [5.74, 6) is 0.455. The summed E-state index contributed by atoms with van der Waals surface area (Å²) in [4.78, 5) is 0.417. The Morgan fingerprint density at radius 1 is 1.24 bits per heavy atom. The summed E-state index contributed by atoms with van der Waals surface area (Å²) in [5.41, 5.74) is 3.00. The monoisotopic (exact) mass is 310 g/mol. The van der Waals surface area contributed by atoms with Gasteiger partial charge in [0.05, 0.1) is 4.90 Å². The standard InChI is InChI=1S/C16H26N2O2S/c1-5-6-17-10-14-9-16(13(4)7-11(14)2)21(19,20)18-15-8-12(15)3/h7,9,12,15,17-18H,5-6,8,10H2,1-4H3. The summed E-state index contributed by atoms with van der Waals surface area (Å²) in [5, 5.41) is 3.34. The third kappa shape index (κ3) is 4.05. The summed E-state index contributed by atoms with van der Waals surface area (Å²) in [6.45, 7) is 9.72. The van der Waals surface area contributed by atoms with Crippen molar-refractivity contribution in [1.29, 1.82) is 0 Å². The molecule has 1 fully saturated rings. The van der Waals surface area contributed by atoms with E-state index in [0.29, 0.717) is 17.4 Å². The molecule has 0 bridgehead atoms. The quantitative estimate of drug-likeness (QED) is 0.761. The molecule has 5 heteroatoms. The van der Waals surface area contributed by atoms with Crippen LogP contribution >= 0.6 is 0 Å². The fourth-order valence-corrected chi connectivity index (χ4v) is 4.14. The lowest BCUT2D eigenvalue weighted by atomic mass is 10.1. The Labute approximate surface area is 128 Å². The van der Waals surface area contributed by atoms with Crippen molar-refractivity contribution in [3.8, 4) is 0 Å². The van der Waals surface area contributed by atoms with E-state index in [0.717, 1.165) is 36.1 Å². The minimum Gasteiger partial charge on any atom is -0.313 e. The number of sulfonamides is 1. The molecule has 1 aliphatic carbocycles. The van der Waals surface area contributed by atoms with Crippen LogP contribution in [0.1, 0.15) is 43.4 Å². The van der Waals surface area contributed by atoms with Crippen molar-refractivity contribution in [2.45, 2.75) is 58.0 Å². The maximum absolute atomic E-state index is 12.5. The molecular weight excluding hydrogens is 284 g/mol. The number of hydrogen-bond acceptors (Lipinski definition) is 3. The fourth-order valence-electron chi connectivity index (χ4n) is 2.50. The molecule has 4 nitrogen and oxygen atoms in total. The first-order chi connectivity index (χ1) is 9.85. The van der Waals surface area contributed by atoms with E-state index >= 15 is 0 Å². The van der Waals surface area contributed by atoms with Crippen LogP contribution < -0.4 is 10.0 Å². The van der Waals surface area contributed by atoms with Gasteiger partial charge in [-0.25, -0.2) is 13.1 Å². The first-order valence-corrected chi connectivity index (χ1v) is 9.16. The van der Waals surface area contributed by atoms with Gasteiger partial charge < -0.3 is 5.32 Å². The second kappa shape index (κ2) is 6.46. The van der Waals surface area contributed by atoms with Crippen LogP contribution in [-0.2, 0) is 16.6 Å². The molecule has 2 rings (SSSR count). The van der Waals surface area contributed by atoms with Gasteiger partial charge in [0.25, 0.3) is 0 Å². The summed E-state index contributed by atoms with van der Waals surface area (Å²) in [7, 11) is -3.41. The van der Waals surface area contributed by atoms with Gasteiger partial charge in [0.1, 0.15) is 0 Å². The van der Waals surface area contributed by atoms with Crippen LogP contribution in [0, 0.1) is 19.8 Å². The number of aryl methyl sites for hydroxylation is 2. The maximum Gasteiger partial charge on any atom is 0.241 e. The Bertz CT molecular complexity index is 611. The number of nitrogens with one attached hydrogen (secondary N) is 2. The topological polar surface area (TPSA) is 58.2 Å². The third-order valence-corrected chi connectivity index (χ3v) is 5.71. The minimum absolute atomic E-state index is 0.109. The van der Waals surface area contributed by atoms with Crippen LogP contribution in [-0.4, -0.2) is 21.0 Å². The average Bonchev–Trinajstić information content (AvgIpc) is 3.06. The Morgan fingerprint density at radius 3 is 2.48 bits per heavy atom. The fraction of sp³-hybridized carbons (Fsp3) is 0.625. The van der Waals surface area contributed by atoms with Gasteiger partial charge in [0, 0.05) is 12.6 Å². The molecular formula is C16H26N2O2S. The van der Waals surface area contributed by atoms with Crippen molar-refractivity contribution in [3.05, 3.63) is 28.8 Å². The number of rotatable bonds is 7. The predicted octanol–water partition coefficient (Wildman–Crippen LogP) is 2.49. The predicted molar refractivity (Wildman–Crippen MR) is 85.8 cm³/mol. The average molecular weight is 310 g/mol. The van der Waals surface area contributed by atoms with Crippen LogP contribution in [0.15, 0.2) is 17.0 Å². The zero-order chi connectivity index (χ0) is 15.6. The maximum atomic E-state index is 12.5. The first kappa shape index (κ1) is 16.5. The minimum atomic E-state index is -3.41. The summed E-state index contributed by atoms with van der Waals surface area (Å²) in [6, 6.07) is 3.90. The van der Waals surface area contributed by atoms with Crippen molar-refractivity contribution in [1.82, 2.24) is 10.0 Å². The van der Waals surface area contributed by atoms with Crippen molar-refractivity contribution in [2.75, 3.05) is 6.54 Å². The van der Waals surface area contributed by atoms with E-state index in [4.69, 9.17) is 0 Å². The van der Waals surface area contributed by atoms with Gasteiger partial charge in [-0.05, 0) is 61.9 Å². The molecule has 1 aromatic carbocycles. The van der Waals surface area contributed by atoms with Gasteiger partial charge in [0.2, 0.25) is 10.0 Å². The molecule has 0 spiro atoms. The summed E-state index contributed by atoms with van der Waals surface area (Å²) < 4.78 is 27.8. The highest BCUT2D eigenvalue weighted by Crippen LogP contribution is 2.31. The lowest BCUT2D eigenvalue weighted by Crippen LogP contribution is -2.28. The third-order valence-electron chi connectivity index (χ3n) is 4.08. The SMILES string of the molecule is CCCNCc1cc(S(=O)(=O)NC2CC2C)c(C)cc1C. The van der Waals surface area contributed by atoms with Gasteiger partial charge >= 0.3 is 0 Å². The smallest absolute Gasteiger partial charge is 0.241 e. The van der Waals surface area contributed by atoms with E-state index in [1.54, 1.807) is 0 Å². The van der Waals surface area contributed by atoms with Gasteiger partial charge in [-0.3, -0.25) is 0 Å². The van der Waals surface area contributed by atoms with Crippen LogP contribution in [0.5, 0.6) is 0 Å². The number of hydrogen-bond donors (Lipinski definition) is 2. The van der Waals surface area contributed by atoms with E-state index in [2.05, 4.69) is 23.9 Å². The molecule has 21 heavy (non-hydrogen) atoms. The molecule has 0 aromatic heterocycles. The van der Waals surface area contributed by atoms with E-state index in [9.17, 15) is 8.42 Å². The molecule has 1 aliphatic rings. The van der Waals surface area contributed by atoms with Gasteiger partial charge in [-0.1, -0.05) is 19.9 Å². The van der Waals surface area contributed by atoms with Crippen molar-refractivity contribution < 1.29 is 8.42 Å². The molecule has 0 radical (unpaired) electrons. The molecule has 0 aliphatic heterocycles. The molecule has 2 unspecified atom stereocenters. The van der Waals surface area contributed by atoms with Crippen molar-refractivity contribution in [2.24, 2.45) is 5.92 Å². The van der Waals surface area contributed by atoms with E-state index in [1.807, 2.05) is 26.0 Å². The first-order valence-electron chi connectivity index (χ1n) is 7.68. The van der Waals surface area contributed by atoms with E-state index < -0.39 is 10.0 Å². The molecule has 1 saturated carbocycles. The number of benzene rings is 1. The van der Waals surface area contributed by atoms with Crippen LogP contribution in [0.25, 0.3) is 0 Å². The molecule has 0 saturated heterocycles. The summed E-state index contributed by atoms with van der Waals surface area (Å²) >= 11 is 0. The highest BCUT2D eigenvalue weighted by molar-refractivity contribution is 7.89. The Morgan fingerprint density at radius 2 is 1.90 bits per heavy atom. The highest BCUT2D eigenvalue weighted by atomic mass is 32.2. The van der Waals surface area contributed by atoms with Crippen molar-refractivity contribution >= 4 is 10.0 Å². The Balaban J connectivity index is 2.23. The zero-order valence-corrected chi connectivity index (χ0v) is 14.2. The summed E-state index contributed by atoms with van der Waals surface area (Å²) in [6.07, 6.45) is 2.01. The zero-order valence-electron chi connectivity index (χ0n) is 13.4.